The number of aromatic nitrogens is 3. The van der Waals surface area contributed by atoms with Gasteiger partial charge in [0.05, 0.1) is 15.8 Å². The van der Waals surface area contributed by atoms with Gasteiger partial charge >= 0.3 is 0 Å². The molecule has 3 N–H and O–H groups in total. The minimum absolute atomic E-state index is 0.114. The summed E-state index contributed by atoms with van der Waals surface area (Å²) in [4.78, 5) is 23.1. The van der Waals surface area contributed by atoms with Crippen LogP contribution in [0.1, 0.15) is 10.4 Å². The van der Waals surface area contributed by atoms with E-state index in [4.69, 9.17) is 28.9 Å². The molecule has 7 nitrogen and oxygen atoms in total. The monoisotopic (exact) mass is 395 g/mol. The van der Waals surface area contributed by atoms with Gasteiger partial charge in [0.15, 0.2) is 10.8 Å². The van der Waals surface area contributed by atoms with E-state index in [-0.39, 0.29) is 11.7 Å². The zero-order chi connectivity index (χ0) is 18.0. The molecule has 0 saturated heterocycles. The number of amides is 2. The molecule has 0 aliphatic heterocycles. The Kier molecular flexibility index (Phi) is 5.12. The second-order valence-electron chi connectivity index (χ2n) is 4.96. The number of nitrogens with one attached hydrogen (secondary N) is 1. The lowest BCUT2D eigenvalue weighted by atomic mass is 10.2. The lowest BCUT2D eigenvalue weighted by Crippen LogP contribution is -2.15. The van der Waals surface area contributed by atoms with E-state index >= 15 is 0 Å². The molecule has 128 valence electrons. The van der Waals surface area contributed by atoms with Crippen molar-refractivity contribution in [2.45, 2.75) is 5.16 Å². The normalized spacial score (nSPS) is 10.8. The van der Waals surface area contributed by atoms with E-state index in [0.29, 0.717) is 32.1 Å². The quantitative estimate of drug-likeness (QED) is 0.646. The number of thioether (sulfide) groups is 1. The molecule has 3 aromatic rings. The smallest absolute Gasteiger partial charge is 0.248 e. The molecule has 2 heterocycles. The summed E-state index contributed by atoms with van der Waals surface area (Å²) in [7, 11) is 0. The number of nitrogens with zero attached hydrogens (tertiary/aromatic N) is 3. The van der Waals surface area contributed by atoms with Crippen LogP contribution in [-0.4, -0.2) is 32.2 Å². The van der Waals surface area contributed by atoms with Crippen molar-refractivity contribution in [2.75, 3.05) is 11.1 Å². The molecule has 0 radical (unpaired) electrons. The van der Waals surface area contributed by atoms with Gasteiger partial charge in [-0.3, -0.25) is 14.0 Å². The molecule has 0 saturated carbocycles. The van der Waals surface area contributed by atoms with Crippen molar-refractivity contribution < 1.29 is 9.59 Å². The summed E-state index contributed by atoms with van der Waals surface area (Å²) in [6.07, 6.45) is 1.63. The maximum absolute atomic E-state index is 12.1. The van der Waals surface area contributed by atoms with E-state index in [9.17, 15) is 9.59 Å². The Hall–Kier alpha value is -2.29. The standard InChI is InChI=1S/C15H11Cl2N5O2S/c16-9-5-11(17)14-20-21-15(22(14)6-9)25-7-12(23)19-10-3-1-8(2-4-10)13(18)24/h1-6H,7H2,(H2,18,24)(H,19,23). The fourth-order valence-corrected chi connectivity index (χ4v) is 3.26. The zero-order valence-electron chi connectivity index (χ0n) is 12.6. The minimum Gasteiger partial charge on any atom is -0.366 e. The topological polar surface area (TPSA) is 102 Å². The summed E-state index contributed by atoms with van der Waals surface area (Å²) in [6, 6.07) is 7.87. The van der Waals surface area contributed by atoms with Gasteiger partial charge in [-0.2, -0.15) is 0 Å². The van der Waals surface area contributed by atoms with Gasteiger partial charge in [0, 0.05) is 17.4 Å². The summed E-state index contributed by atoms with van der Waals surface area (Å²) in [5, 5.41) is 12.0. The molecule has 3 rings (SSSR count). The Morgan fingerprint density at radius 1 is 1.20 bits per heavy atom. The first-order chi connectivity index (χ1) is 11.9. The molecule has 0 aliphatic rings. The van der Waals surface area contributed by atoms with Gasteiger partial charge < -0.3 is 11.1 Å². The Bertz CT molecular complexity index is 958. The Morgan fingerprint density at radius 2 is 1.92 bits per heavy atom. The highest BCUT2D eigenvalue weighted by Gasteiger charge is 2.12. The van der Waals surface area contributed by atoms with Crippen LogP contribution >= 0.6 is 35.0 Å². The van der Waals surface area contributed by atoms with E-state index in [1.54, 1.807) is 40.9 Å². The molecule has 1 aromatic carbocycles. The molecular formula is C15H11Cl2N5O2S. The highest BCUT2D eigenvalue weighted by molar-refractivity contribution is 7.99. The Morgan fingerprint density at radius 3 is 2.60 bits per heavy atom. The largest absolute Gasteiger partial charge is 0.366 e. The van der Waals surface area contributed by atoms with Crippen LogP contribution in [0.25, 0.3) is 5.65 Å². The number of carbonyl (C=O) groups excluding carboxylic acids is 2. The van der Waals surface area contributed by atoms with Gasteiger partial charge in [0.25, 0.3) is 0 Å². The predicted octanol–water partition coefficient (Wildman–Crippen LogP) is 2.87. The molecular weight excluding hydrogens is 385 g/mol. The number of nitrogens with two attached hydrogens (primary N) is 1. The SMILES string of the molecule is NC(=O)c1ccc(NC(=O)CSc2nnc3c(Cl)cc(Cl)cn23)cc1. The van der Waals surface area contributed by atoms with Crippen LogP contribution in [0.2, 0.25) is 10.0 Å². The third-order valence-corrected chi connectivity index (χ3v) is 4.61. The van der Waals surface area contributed by atoms with Gasteiger partial charge in [-0.25, -0.2) is 0 Å². The molecule has 0 aliphatic carbocycles. The predicted molar refractivity (Wildman–Crippen MR) is 97.3 cm³/mol. The molecule has 25 heavy (non-hydrogen) atoms. The number of benzene rings is 1. The Balaban J connectivity index is 1.65. The number of rotatable bonds is 5. The van der Waals surface area contributed by atoms with Crippen LogP contribution < -0.4 is 11.1 Å². The molecule has 10 heteroatoms. The van der Waals surface area contributed by atoms with Crippen LogP contribution in [0, 0.1) is 0 Å². The third-order valence-electron chi connectivity index (χ3n) is 3.18. The highest BCUT2D eigenvalue weighted by atomic mass is 35.5. The summed E-state index contributed by atoms with van der Waals surface area (Å²) < 4.78 is 1.63. The molecule has 0 spiro atoms. The van der Waals surface area contributed by atoms with Crippen LogP contribution in [-0.2, 0) is 4.79 Å². The van der Waals surface area contributed by atoms with E-state index < -0.39 is 5.91 Å². The number of hydrogen-bond donors (Lipinski definition) is 2. The lowest BCUT2D eigenvalue weighted by Gasteiger charge is -2.05. The summed E-state index contributed by atoms with van der Waals surface area (Å²) in [6.45, 7) is 0. The second-order valence-corrected chi connectivity index (χ2v) is 6.75. The zero-order valence-corrected chi connectivity index (χ0v) is 14.9. The average molecular weight is 396 g/mol. The molecule has 0 unspecified atom stereocenters. The highest BCUT2D eigenvalue weighted by Crippen LogP contribution is 2.25. The van der Waals surface area contributed by atoms with Crippen LogP contribution in [0.15, 0.2) is 41.7 Å². The second kappa shape index (κ2) is 7.30. The Labute approximate surface area is 156 Å². The first-order valence-electron chi connectivity index (χ1n) is 6.96. The van der Waals surface area contributed by atoms with Crippen LogP contribution in [0.5, 0.6) is 0 Å². The number of primary amides is 1. The molecule has 0 fully saturated rings. The molecule has 2 amide bonds. The van der Waals surface area contributed by atoms with Gasteiger partial charge in [-0.15, -0.1) is 10.2 Å². The first kappa shape index (κ1) is 17.5. The van der Waals surface area contributed by atoms with Crippen molar-refractivity contribution >= 4 is 58.1 Å². The third kappa shape index (κ3) is 4.04. The minimum atomic E-state index is -0.524. The number of anilines is 1. The average Bonchev–Trinajstić information content (AvgIpc) is 2.96. The van der Waals surface area contributed by atoms with Crippen molar-refractivity contribution in [3.8, 4) is 0 Å². The first-order valence-corrected chi connectivity index (χ1v) is 8.70. The number of fused-ring (bicyclic) bond motifs is 1. The van der Waals surface area contributed by atoms with Crippen molar-refractivity contribution in [3.05, 3.63) is 52.1 Å². The van der Waals surface area contributed by atoms with Crippen LogP contribution in [0.4, 0.5) is 5.69 Å². The summed E-state index contributed by atoms with van der Waals surface area (Å²) in [5.41, 5.74) is 6.57. The fraction of sp³-hybridized carbons (Fsp3) is 0.0667. The summed E-state index contributed by atoms with van der Waals surface area (Å²) in [5.74, 6) is -0.645. The maximum Gasteiger partial charge on any atom is 0.248 e. The van der Waals surface area contributed by atoms with Crippen molar-refractivity contribution in [3.63, 3.8) is 0 Å². The number of carbonyl (C=O) groups is 2. The van der Waals surface area contributed by atoms with E-state index in [1.165, 1.54) is 11.8 Å². The summed E-state index contributed by atoms with van der Waals surface area (Å²) >= 11 is 13.2. The van der Waals surface area contributed by atoms with E-state index in [2.05, 4.69) is 15.5 Å². The van der Waals surface area contributed by atoms with Crippen LogP contribution in [0.3, 0.4) is 0 Å². The fourth-order valence-electron chi connectivity index (χ4n) is 2.05. The van der Waals surface area contributed by atoms with E-state index in [1.807, 2.05) is 0 Å². The lowest BCUT2D eigenvalue weighted by molar-refractivity contribution is -0.113. The van der Waals surface area contributed by atoms with Gasteiger partial charge in [0.1, 0.15) is 0 Å². The van der Waals surface area contributed by atoms with Crippen molar-refractivity contribution in [1.29, 1.82) is 0 Å². The molecule has 2 aromatic heterocycles. The number of pyridine rings is 1. The molecule has 0 atom stereocenters. The van der Waals surface area contributed by atoms with Crippen molar-refractivity contribution in [1.82, 2.24) is 14.6 Å². The van der Waals surface area contributed by atoms with Crippen molar-refractivity contribution in [2.24, 2.45) is 5.73 Å². The van der Waals surface area contributed by atoms with Gasteiger partial charge in [0.2, 0.25) is 11.8 Å². The van der Waals surface area contributed by atoms with Gasteiger partial charge in [-0.1, -0.05) is 35.0 Å². The van der Waals surface area contributed by atoms with E-state index in [0.717, 1.165) is 0 Å². The number of hydrogen-bond acceptors (Lipinski definition) is 5. The molecule has 0 bridgehead atoms. The van der Waals surface area contributed by atoms with Gasteiger partial charge in [-0.05, 0) is 30.3 Å². The maximum atomic E-state index is 12.1. The number of halogens is 2.